The van der Waals surface area contributed by atoms with Crippen molar-refractivity contribution in [1.29, 1.82) is 0 Å². The van der Waals surface area contributed by atoms with Gasteiger partial charge in [0.15, 0.2) is 0 Å². The fourth-order valence-electron chi connectivity index (χ4n) is 3.31. The van der Waals surface area contributed by atoms with Crippen molar-refractivity contribution in [1.82, 2.24) is 14.9 Å². The molecule has 0 aliphatic rings. The average Bonchev–Trinajstić information content (AvgIpc) is 3.28. The molecular formula is C21H33N3OS. The summed E-state index contributed by atoms with van der Waals surface area (Å²) in [7, 11) is 0. The maximum Gasteiger partial charge on any atom is 0.253 e. The number of hydrogen-bond donors (Lipinski definition) is 1. The summed E-state index contributed by atoms with van der Waals surface area (Å²) >= 11 is 1.59. The lowest BCUT2D eigenvalue weighted by Gasteiger charge is -2.15. The van der Waals surface area contributed by atoms with E-state index in [2.05, 4.69) is 47.9 Å². The standard InChI is InChI=1S/C21H33N3OS/c1-5-8-10-17(7-3)13-22-21(25)18-12-20(19-14-26-15-23-19)24(16(18)4)11-9-6-2/h12,14-15,17H,5-11,13H2,1-4H3,(H,22,25). The Hall–Kier alpha value is -1.62. The SMILES string of the molecule is CCCCC(CC)CNC(=O)c1cc(-c2cscn2)n(CCCC)c1C. The van der Waals surface area contributed by atoms with Crippen LogP contribution in [0, 0.1) is 12.8 Å². The summed E-state index contributed by atoms with van der Waals surface area (Å²) in [5, 5.41) is 5.22. The monoisotopic (exact) mass is 375 g/mol. The Morgan fingerprint density at radius 2 is 2.04 bits per heavy atom. The van der Waals surface area contributed by atoms with Crippen LogP contribution in [0.4, 0.5) is 0 Å². The van der Waals surface area contributed by atoms with E-state index in [0.29, 0.717) is 5.92 Å². The number of amides is 1. The molecule has 0 aromatic carbocycles. The Balaban J connectivity index is 2.16. The van der Waals surface area contributed by atoms with E-state index in [1.54, 1.807) is 11.3 Å². The number of thiazole rings is 1. The van der Waals surface area contributed by atoms with Gasteiger partial charge in [0.1, 0.15) is 0 Å². The lowest BCUT2D eigenvalue weighted by atomic mass is 9.99. The number of unbranched alkanes of at least 4 members (excludes halogenated alkanes) is 2. The molecule has 0 aliphatic carbocycles. The van der Waals surface area contributed by atoms with Gasteiger partial charge in [-0.05, 0) is 31.7 Å². The normalized spacial score (nSPS) is 12.3. The summed E-state index contributed by atoms with van der Waals surface area (Å²) in [6.45, 7) is 10.4. The van der Waals surface area contributed by atoms with Crippen LogP contribution in [0.5, 0.6) is 0 Å². The van der Waals surface area contributed by atoms with Crippen LogP contribution in [0.15, 0.2) is 17.0 Å². The molecule has 2 aromatic heterocycles. The first-order valence-corrected chi connectivity index (χ1v) is 10.9. The molecule has 0 saturated heterocycles. The van der Waals surface area contributed by atoms with E-state index in [1.807, 2.05) is 11.6 Å². The number of aromatic nitrogens is 2. The number of carbonyl (C=O) groups is 1. The second kappa shape index (κ2) is 10.5. The van der Waals surface area contributed by atoms with Crippen LogP contribution >= 0.6 is 11.3 Å². The Kier molecular flexibility index (Phi) is 8.36. The van der Waals surface area contributed by atoms with Gasteiger partial charge in [-0.1, -0.05) is 46.5 Å². The van der Waals surface area contributed by atoms with E-state index in [9.17, 15) is 4.79 Å². The van der Waals surface area contributed by atoms with Gasteiger partial charge in [0.05, 0.1) is 22.5 Å². The van der Waals surface area contributed by atoms with Crippen molar-refractivity contribution < 1.29 is 4.79 Å². The molecule has 1 atom stereocenters. The molecule has 0 spiro atoms. The molecule has 2 heterocycles. The van der Waals surface area contributed by atoms with Gasteiger partial charge in [0.2, 0.25) is 0 Å². The zero-order valence-corrected chi connectivity index (χ0v) is 17.5. The minimum absolute atomic E-state index is 0.0455. The molecule has 0 fully saturated rings. The van der Waals surface area contributed by atoms with Crippen LogP contribution in [-0.2, 0) is 6.54 Å². The van der Waals surface area contributed by atoms with E-state index in [0.717, 1.165) is 55.0 Å². The number of nitrogens with one attached hydrogen (secondary N) is 1. The maximum absolute atomic E-state index is 12.8. The molecule has 0 aliphatic heterocycles. The summed E-state index contributed by atoms with van der Waals surface area (Å²) in [5.74, 6) is 0.614. The van der Waals surface area contributed by atoms with Crippen LogP contribution in [-0.4, -0.2) is 22.0 Å². The Labute approximate surface area is 162 Å². The van der Waals surface area contributed by atoms with Gasteiger partial charge in [-0.2, -0.15) is 0 Å². The van der Waals surface area contributed by atoms with Crippen molar-refractivity contribution in [2.75, 3.05) is 6.54 Å². The van der Waals surface area contributed by atoms with E-state index >= 15 is 0 Å². The number of nitrogens with zero attached hydrogens (tertiary/aromatic N) is 2. The van der Waals surface area contributed by atoms with Gasteiger partial charge in [-0.3, -0.25) is 4.79 Å². The first-order valence-electron chi connectivity index (χ1n) is 9.99. The van der Waals surface area contributed by atoms with Crippen LogP contribution in [0.2, 0.25) is 0 Å². The highest BCUT2D eigenvalue weighted by molar-refractivity contribution is 7.07. The van der Waals surface area contributed by atoms with Gasteiger partial charge in [-0.25, -0.2) is 4.98 Å². The highest BCUT2D eigenvalue weighted by Crippen LogP contribution is 2.26. The Morgan fingerprint density at radius 3 is 2.65 bits per heavy atom. The molecule has 5 heteroatoms. The molecule has 4 nitrogen and oxygen atoms in total. The van der Waals surface area contributed by atoms with E-state index < -0.39 is 0 Å². The van der Waals surface area contributed by atoms with E-state index in [-0.39, 0.29) is 5.91 Å². The summed E-state index contributed by atoms with van der Waals surface area (Å²) < 4.78 is 2.25. The van der Waals surface area contributed by atoms with E-state index in [1.165, 1.54) is 19.3 Å². The first kappa shape index (κ1) is 20.7. The van der Waals surface area contributed by atoms with Crippen molar-refractivity contribution in [2.24, 2.45) is 5.92 Å². The summed E-state index contributed by atoms with van der Waals surface area (Å²) in [5.41, 5.74) is 5.69. The third-order valence-corrected chi connectivity index (χ3v) is 5.72. The predicted molar refractivity (Wildman–Crippen MR) is 111 cm³/mol. The fraction of sp³-hybridized carbons (Fsp3) is 0.619. The van der Waals surface area contributed by atoms with Gasteiger partial charge < -0.3 is 9.88 Å². The van der Waals surface area contributed by atoms with Crippen molar-refractivity contribution in [3.63, 3.8) is 0 Å². The molecule has 1 unspecified atom stereocenters. The second-order valence-electron chi connectivity index (χ2n) is 7.03. The van der Waals surface area contributed by atoms with Crippen LogP contribution in [0.3, 0.4) is 0 Å². The number of carbonyl (C=O) groups excluding carboxylic acids is 1. The van der Waals surface area contributed by atoms with Crippen molar-refractivity contribution >= 4 is 17.2 Å². The molecular weight excluding hydrogens is 342 g/mol. The zero-order chi connectivity index (χ0) is 18.9. The first-order chi connectivity index (χ1) is 12.6. The smallest absolute Gasteiger partial charge is 0.253 e. The molecule has 0 bridgehead atoms. The molecule has 2 aromatic rings. The molecule has 26 heavy (non-hydrogen) atoms. The Bertz CT molecular complexity index is 676. The highest BCUT2D eigenvalue weighted by atomic mass is 32.1. The topological polar surface area (TPSA) is 46.9 Å². The molecule has 2 rings (SSSR count). The highest BCUT2D eigenvalue weighted by Gasteiger charge is 2.19. The van der Waals surface area contributed by atoms with E-state index in [4.69, 9.17) is 0 Å². The van der Waals surface area contributed by atoms with Crippen molar-refractivity contribution in [3.8, 4) is 11.4 Å². The zero-order valence-electron chi connectivity index (χ0n) is 16.7. The lowest BCUT2D eigenvalue weighted by molar-refractivity contribution is 0.0945. The summed E-state index contributed by atoms with van der Waals surface area (Å²) in [6, 6.07) is 2.02. The third-order valence-electron chi connectivity index (χ3n) is 5.14. The summed E-state index contributed by atoms with van der Waals surface area (Å²) in [6.07, 6.45) is 6.97. The molecule has 0 saturated carbocycles. The Morgan fingerprint density at radius 1 is 1.27 bits per heavy atom. The summed E-state index contributed by atoms with van der Waals surface area (Å²) in [4.78, 5) is 17.3. The van der Waals surface area contributed by atoms with Crippen LogP contribution in [0.1, 0.15) is 75.3 Å². The molecule has 1 N–H and O–H groups in total. The lowest BCUT2D eigenvalue weighted by Crippen LogP contribution is -2.29. The fourth-order valence-corrected chi connectivity index (χ4v) is 3.85. The van der Waals surface area contributed by atoms with Gasteiger partial charge in [0.25, 0.3) is 5.91 Å². The molecule has 144 valence electrons. The number of rotatable bonds is 11. The van der Waals surface area contributed by atoms with Crippen molar-refractivity contribution in [2.45, 2.75) is 72.8 Å². The average molecular weight is 376 g/mol. The minimum atomic E-state index is 0.0455. The predicted octanol–water partition coefficient (Wildman–Crippen LogP) is 5.67. The number of hydrogen-bond acceptors (Lipinski definition) is 3. The maximum atomic E-state index is 12.8. The van der Waals surface area contributed by atoms with Gasteiger partial charge in [0, 0.05) is 24.2 Å². The van der Waals surface area contributed by atoms with Crippen molar-refractivity contribution in [3.05, 3.63) is 28.2 Å². The third kappa shape index (κ3) is 5.19. The van der Waals surface area contributed by atoms with Gasteiger partial charge >= 0.3 is 0 Å². The van der Waals surface area contributed by atoms with Gasteiger partial charge in [-0.15, -0.1) is 11.3 Å². The largest absolute Gasteiger partial charge is 0.352 e. The quantitative estimate of drug-likeness (QED) is 0.550. The minimum Gasteiger partial charge on any atom is -0.352 e. The molecule has 0 radical (unpaired) electrons. The van der Waals surface area contributed by atoms with Crippen LogP contribution < -0.4 is 5.32 Å². The second-order valence-corrected chi connectivity index (χ2v) is 7.75. The van der Waals surface area contributed by atoms with Crippen LogP contribution in [0.25, 0.3) is 11.4 Å². The molecule has 1 amide bonds.